The predicted octanol–water partition coefficient (Wildman–Crippen LogP) is 3.54. The summed E-state index contributed by atoms with van der Waals surface area (Å²) < 4.78 is 7.21. The van der Waals surface area contributed by atoms with Gasteiger partial charge in [0, 0.05) is 19.1 Å². The second-order valence-electron chi connectivity index (χ2n) is 7.07. The summed E-state index contributed by atoms with van der Waals surface area (Å²) in [5, 5.41) is 9.85. The van der Waals surface area contributed by atoms with E-state index in [2.05, 4.69) is 16.0 Å². The number of hydrogen-bond acceptors (Lipinski definition) is 6. The molecule has 3 heterocycles. The topological polar surface area (TPSA) is 69.8 Å². The van der Waals surface area contributed by atoms with Crippen molar-refractivity contribution in [3.05, 3.63) is 42.2 Å². The third kappa shape index (κ3) is 4.21. The minimum Gasteiger partial charge on any atom is -0.480 e. The Morgan fingerprint density at radius 2 is 2.07 bits per heavy atom. The van der Waals surface area contributed by atoms with Crippen LogP contribution in [0.15, 0.2) is 40.8 Å². The Balaban J connectivity index is 1.35. The number of fused-ring (bicyclic) bond motifs is 1. The molecule has 0 amide bonds. The number of aliphatic carboxylic acids is 1. The fourth-order valence-corrected chi connectivity index (χ4v) is 4.56. The Morgan fingerprint density at radius 1 is 1.30 bits per heavy atom. The number of aromatic nitrogens is 1. The van der Waals surface area contributed by atoms with Crippen molar-refractivity contribution in [3.63, 3.8) is 0 Å². The van der Waals surface area contributed by atoms with Crippen molar-refractivity contribution < 1.29 is 14.3 Å². The molecule has 0 saturated carbocycles. The molecule has 0 aliphatic carbocycles. The molecule has 1 aliphatic heterocycles. The molecule has 0 atom stereocenters. The normalized spacial score (nSPS) is 16.4. The highest BCUT2D eigenvalue weighted by Gasteiger charge is 2.24. The zero-order valence-corrected chi connectivity index (χ0v) is 16.1. The number of thiazole rings is 1. The Morgan fingerprint density at radius 3 is 2.81 bits per heavy atom. The van der Waals surface area contributed by atoms with Gasteiger partial charge in [-0.15, -0.1) is 11.3 Å². The number of para-hydroxylation sites is 1. The van der Waals surface area contributed by atoms with Crippen LogP contribution in [0.4, 0.5) is 0 Å². The summed E-state index contributed by atoms with van der Waals surface area (Å²) in [5.41, 5.74) is 1.00. The summed E-state index contributed by atoms with van der Waals surface area (Å²) in [6.45, 7) is 2.78. The summed E-state index contributed by atoms with van der Waals surface area (Å²) in [5.74, 6) is 1.00. The van der Waals surface area contributed by atoms with E-state index in [-0.39, 0.29) is 6.54 Å². The Labute approximate surface area is 162 Å². The van der Waals surface area contributed by atoms with Crippen molar-refractivity contribution in [2.45, 2.75) is 25.4 Å². The molecule has 1 N–H and O–H groups in total. The lowest BCUT2D eigenvalue weighted by molar-refractivity contribution is -0.138. The summed E-state index contributed by atoms with van der Waals surface area (Å²) in [4.78, 5) is 19.8. The van der Waals surface area contributed by atoms with E-state index in [0.717, 1.165) is 59.2 Å². The predicted molar refractivity (Wildman–Crippen MR) is 106 cm³/mol. The van der Waals surface area contributed by atoms with Gasteiger partial charge in [0.25, 0.3) is 0 Å². The summed E-state index contributed by atoms with van der Waals surface area (Å²) >= 11 is 1.65. The average Bonchev–Trinajstić information content (AvgIpc) is 3.28. The van der Waals surface area contributed by atoms with Gasteiger partial charge in [-0.1, -0.05) is 12.1 Å². The molecule has 1 aliphatic rings. The van der Waals surface area contributed by atoms with Crippen LogP contribution in [0, 0.1) is 0 Å². The van der Waals surface area contributed by atoms with Crippen molar-refractivity contribution in [1.82, 2.24) is 14.8 Å². The van der Waals surface area contributed by atoms with E-state index in [1.807, 2.05) is 42.3 Å². The van der Waals surface area contributed by atoms with Gasteiger partial charge in [0.15, 0.2) is 10.8 Å². The zero-order chi connectivity index (χ0) is 18.8. The molecule has 0 bridgehead atoms. The lowest BCUT2D eigenvalue weighted by Gasteiger charge is -2.35. The molecular weight excluding hydrogens is 362 g/mol. The van der Waals surface area contributed by atoms with Crippen LogP contribution in [0.3, 0.4) is 0 Å². The molecule has 2 aromatic heterocycles. The minimum atomic E-state index is -0.766. The van der Waals surface area contributed by atoms with Gasteiger partial charge in [-0.05, 0) is 44.2 Å². The van der Waals surface area contributed by atoms with E-state index in [1.54, 1.807) is 11.3 Å². The van der Waals surface area contributed by atoms with Crippen LogP contribution in [-0.4, -0.2) is 58.6 Å². The maximum Gasteiger partial charge on any atom is 0.317 e. The van der Waals surface area contributed by atoms with E-state index in [0.29, 0.717) is 6.04 Å². The highest BCUT2D eigenvalue weighted by molar-refractivity contribution is 7.21. The van der Waals surface area contributed by atoms with Crippen LogP contribution in [-0.2, 0) is 11.3 Å². The fourth-order valence-electron chi connectivity index (χ4n) is 3.64. The third-order valence-corrected chi connectivity index (χ3v) is 6.16. The van der Waals surface area contributed by atoms with Crippen LogP contribution < -0.4 is 0 Å². The van der Waals surface area contributed by atoms with E-state index in [9.17, 15) is 4.79 Å². The van der Waals surface area contributed by atoms with Crippen LogP contribution >= 0.6 is 11.3 Å². The number of benzene rings is 1. The summed E-state index contributed by atoms with van der Waals surface area (Å²) in [7, 11) is 1.89. The molecule has 4 rings (SSSR count). The summed E-state index contributed by atoms with van der Waals surface area (Å²) in [6.07, 6.45) is 1.96. The van der Waals surface area contributed by atoms with Gasteiger partial charge in [0.2, 0.25) is 0 Å². The Hall–Kier alpha value is -2.22. The second-order valence-corrected chi connectivity index (χ2v) is 8.10. The van der Waals surface area contributed by atoms with Crippen molar-refractivity contribution in [3.8, 4) is 10.8 Å². The number of likely N-dealkylation sites (tertiary alicyclic amines) is 1. The molecule has 27 heavy (non-hydrogen) atoms. The fraction of sp³-hybridized carbons (Fsp3) is 0.400. The maximum absolute atomic E-state index is 10.9. The van der Waals surface area contributed by atoms with Crippen LogP contribution in [0.25, 0.3) is 21.0 Å². The second kappa shape index (κ2) is 7.80. The third-order valence-electron chi connectivity index (χ3n) is 5.11. The highest BCUT2D eigenvalue weighted by atomic mass is 32.1. The Kier molecular flexibility index (Phi) is 5.24. The number of hydrogen-bond donors (Lipinski definition) is 1. The molecule has 1 saturated heterocycles. The van der Waals surface area contributed by atoms with Crippen molar-refractivity contribution in [1.29, 1.82) is 0 Å². The molecule has 7 heteroatoms. The van der Waals surface area contributed by atoms with Crippen molar-refractivity contribution in [2.24, 2.45) is 0 Å². The van der Waals surface area contributed by atoms with E-state index in [4.69, 9.17) is 9.52 Å². The first-order chi connectivity index (χ1) is 13.1. The SMILES string of the molecule is CN(CC(=O)O)C1CCN(Cc2ccc(-c3nc4ccccc4s3)o2)CC1. The van der Waals surface area contributed by atoms with Crippen molar-refractivity contribution in [2.75, 3.05) is 26.7 Å². The highest BCUT2D eigenvalue weighted by Crippen LogP contribution is 2.31. The van der Waals surface area contributed by atoms with Crippen LogP contribution in [0.1, 0.15) is 18.6 Å². The zero-order valence-electron chi connectivity index (χ0n) is 15.3. The first-order valence-corrected chi connectivity index (χ1v) is 9.99. The Bertz CT molecular complexity index is 894. The molecular formula is C20H23N3O3S. The first-order valence-electron chi connectivity index (χ1n) is 9.17. The van der Waals surface area contributed by atoms with Gasteiger partial charge in [-0.25, -0.2) is 4.98 Å². The van der Waals surface area contributed by atoms with Gasteiger partial charge >= 0.3 is 5.97 Å². The van der Waals surface area contributed by atoms with Gasteiger partial charge in [0.05, 0.1) is 23.3 Å². The molecule has 0 radical (unpaired) electrons. The minimum absolute atomic E-state index is 0.106. The number of carboxylic acids is 1. The van der Waals surface area contributed by atoms with Crippen LogP contribution in [0.5, 0.6) is 0 Å². The molecule has 0 spiro atoms. The number of rotatable bonds is 6. The summed E-state index contributed by atoms with van der Waals surface area (Å²) in [6, 6.07) is 12.5. The molecule has 142 valence electrons. The van der Waals surface area contributed by atoms with E-state index >= 15 is 0 Å². The smallest absolute Gasteiger partial charge is 0.317 e. The standard InChI is InChI=1S/C20H23N3O3S/c1-22(13-19(24)25)14-8-10-23(11-9-14)12-15-6-7-17(26-15)20-21-16-4-2-3-5-18(16)27-20/h2-7,14H,8-13H2,1H3,(H,24,25). The van der Waals surface area contributed by atoms with Gasteiger partial charge < -0.3 is 9.52 Å². The van der Waals surface area contributed by atoms with Crippen LogP contribution in [0.2, 0.25) is 0 Å². The number of piperidine rings is 1. The molecule has 1 fully saturated rings. The number of furan rings is 1. The van der Waals surface area contributed by atoms with Gasteiger partial charge in [-0.2, -0.15) is 0 Å². The number of carbonyl (C=O) groups is 1. The van der Waals surface area contributed by atoms with Crippen molar-refractivity contribution >= 4 is 27.5 Å². The van der Waals surface area contributed by atoms with E-state index < -0.39 is 5.97 Å². The largest absolute Gasteiger partial charge is 0.480 e. The van der Waals surface area contributed by atoms with Gasteiger partial charge in [0.1, 0.15) is 5.76 Å². The number of likely N-dealkylation sites (N-methyl/N-ethyl adjacent to an activating group) is 1. The number of nitrogens with zero attached hydrogens (tertiary/aromatic N) is 3. The number of carboxylic acid groups (broad SMARTS) is 1. The lowest BCUT2D eigenvalue weighted by atomic mass is 10.0. The maximum atomic E-state index is 10.9. The van der Waals surface area contributed by atoms with E-state index in [1.165, 1.54) is 0 Å². The molecule has 6 nitrogen and oxygen atoms in total. The van der Waals surface area contributed by atoms with Gasteiger partial charge in [-0.3, -0.25) is 14.6 Å². The first kappa shape index (κ1) is 18.2. The average molecular weight is 385 g/mol. The molecule has 1 aromatic carbocycles. The molecule has 0 unspecified atom stereocenters. The quantitative estimate of drug-likeness (QED) is 0.700. The monoisotopic (exact) mass is 385 g/mol. The molecule has 3 aromatic rings. The lowest BCUT2D eigenvalue weighted by Crippen LogP contribution is -2.44.